The fourth-order valence-corrected chi connectivity index (χ4v) is 2.92. The smallest absolute Gasteiger partial charge is 0.248 e. The average molecular weight is 334 g/mol. The monoisotopic (exact) mass is 334 g/mol. The van der Waals surface area contributed by atoms with Crippen molar-refractivity contribution >= 4 is 11.8 Å². The lowest BCUT2D eigenvalue weighted by atomic mass is 9.90. The lowest BCUT2D eigenvalue weighted by Crippen LogP contribution is -2.40. The molecule has 6 nitrogen and oxygen atoms in total. The number of benzene rings is 1. The normalized spacial score (nSPS) is 15.5. The van der Waals surface area contributed by atoms with Gasteiger partial charge in [-0.05, 0) is 42.9 Å². The summed E-state index contributed by atoms with van der Waals surface area (Å²) in [7, 11) is 1.61. The van der Waals surface area contributed by atoms with E-state index in [4.69, 9.17) is 15.2 Å². The second kappa shape index (κ2) is 9.39. The van der Waals surface area contributed by atoms with E-state index in [9.17, 15) is 9.59 Å². The minimum atomic E-state index is -0.402. The van der Waals surface area contributed by atoms with Crippen LogP contribution in [0.4, 0.5) is 0 Å². The molecule has 1 heterocycles. The van der Waals surface area contributed by atoms with Crippen molar-refractivity contribution in [2.24, 2.45) is 11.7 Å². The van der Waals surface area contributed by atoms with Crippen molar-refractivity contribution in [2.45, 2.75) is 19.3 Å². The van der Waals surface area contributed by atoms with Gasteiger partial charge in [0, 0.05) is 25.8 Å². The highest BCUT2D eigenvalue weighted by Gasteiger charge is 2.22. The van der Waals surface area contributed by atoms with Crippen LogP contribution < -0.4 is 5.73 Å². The highest BCUT2D eigenvalue weighted by Crippen LogP contribution is 2.22. The first-order valence-corrected chi connectivity index (χ1v) is 8.33. The summed E-state index contributed by atoms with van der Waals surface area (Å²) in [6.07, 6.45) is 2.94. The standard InChI is InChI=1S/C18H26N2O4/c1-23-10-11-24-13-17(21)20-8-6-15(7-9-20)12-14-2-4-16(5-3-14)18(19)22/h2-5,15H,6-13H2,1H3,(H2,19,22). The number of amides is 2. The summed E-state index contributed by atoms with van der Waals surface area (Å²) in [6, 6.07) is 7.46. The van der Waals surface area contributed by atoms with Crippen LogP contribution in [0.5, 0.6) is 0 Å². The van der Waals surface area contributed by atoms with Crippen LogP contribution >= 0.6 is 0 Å². The van der Waals surface area contributed by atoms with Gasteiger partial charge in [-0.1, -0.05) is 12.1 Å². The number of hydrogen-bond donors (Lipinski definition) is 1. The molecule has 2 amide bonds. The van der Waals surface area contributed by atoms with Gasteiger partial charge >= 0.3 is 0 Å². The number of rotatable bonds is 8. The molecule has 24 heavy (non-hydrogen) atoms. The van der Waals surface area contributed by atoms with E-state index in [0.29, 0.717) is 24.7 Å². The zero-order chi connectivity index (χ0) is 17.4. The fraction of sp³-hybridized carbons (Fsp3) is 0.556. The first-order chi connectivity index (χ1) is 11.6. The Kier molecular flexibility index (Phi) is 7.21. The maximum atomic E-state index is 12.0. The van der Waals surface area contributed by atoms with E-state index in [0.717, 1.165) is 32.4 Å². The predicted molar refractivity (Wildman–Crippen MR) is 90.7 cm³/mol. The number of hydrogen-bond acceptors (Lipinski definition) is 4. The van der Waals surface area contributed by atoms with Gasteiger partial charge in [0.15, 0.2) is 0 Å². The number of nitrogens with zero attached hydrogens (tertiary/aromatic N) is 1. The molecule has 1 fully saturated rings. The Bertz CT molecular complexity index is 536. The van der Waals surface area contributed by atoms with Crippen LogP contribution in [-0.2, 0) is 20.7 Å². The number of piperidine rings is 1. The van der Waals surface area contributed by atoms with Crippen molar-refractivity contribution in [3.8, 4) is 0 Å². The molecule has 1 aromatic rings. The summed E-state index contributed by atoms with van der Waals surface area (Å²) in [5, 5.41) is 0. The molecule has 1 aliphatic heterocycles. The van der Waals surface area contributed by atoms with E-state index in [1.54, 1.807) is 19.2 Å². The Hall–Kier alpha value is -1.92. The molecule has 0 unspecified atom stereocenters. The van der Waals surface area contributed by atoms with Gasteiger partial charge in [-0.3, -0.25) is 9.59 Å². The molecule has 6 heteroatoms. The van der Waals surface area contributed by atoms with E-state index in [1.165, 1.54) is 5.56 Å². The summed E-state index contributed by atoms with van der Waals surface area (Å²) in [5.74, 6) is 0.208. The molecule has 1 saturated heterocycles. The number of carbonyl (C=O) groups excluding carboxylic acids is 2. The summed E-state index contributed by atoms with van der Waals surface area (Å²) >= 11 is 0. The van der Waals surface area contributed by atoms with E-state index in [1.807, 2.05) is 17.0 Å². The minimum absolute atomic E-state index is 0.0513. The average Bonchev–Trinajstić information content (AvgIpc) is 2.59. The molecule has 2 N–H and O–H groups in total. The second-order valence-corrected chi connectivity index (χ2v) is 6.13. The van der Waals surface area contributed by atoms with E-state index < -0.39 is 5.91 Å². The van der Waals surface area contributed by atoms with Gasteiger partial charge < -0.3 is 20.1 Å². The van der Waals surface area contributed by atoms with Gasteiger partial charge in [0.1, 0.15) is 6.61 Å². The molecule has 1 aromatic carbocycles. The summed E-state index contributed by atoms with van der Waals surface area (Å²) in [5.41, 5.74) is 6.99. The van der Waals surface area contributed by atoms with E-state index >= 15 is 0 Å². The van der Waals surface area contributed by atoms with Gasteiger partial charge in [0.25, 0.3) is 0 Å². The molecule has 1 aliphatic rings. The molecule has 2 rings (SSSR count). The Labute approximate surface area is 142 Å². The van der Waals surface area contributed by atoms with Crippen LogP contribution in [0.3, 0.4) is 0 Å². The number of ether oxygens (including phenoxy) is 2. The van der Waals surface area contributed by atoms with Gasteiger partial charge in [0.2, 0.25) is 11.8 Å². The van der Waals surface area contributed by atoms with Crippen LogP contribution in [-0.4, -0.2) is 56.7 Å². The van der Waals surface area contributed by atoms with Gasteiger partial charge in [-0.25, -0.2) is 0 Å². The van der Waals surface area contributed by atoms with Gasteiger partial charge in [0.05, 0.1) is 13.2 Å². The Morgan fingerprint density at radius 3 is 2.42 bits per heavy atom. The van der Waals surface area contributed by atoms with Crippen molar-refractivity contribution < 1.29 is 19.1 Å². The molecule has 132 valence electrons. The van der Waals surface area contributed by atoms with Crippen LogP contribution in [0.25, 0.3) is 0 Å². The van der Waals surface area contributed by atoms with Gasteiger partial charge in [-0.2, -0.15) is 0 Å². The maximum Gasteiger partial charge on any atom is 0.248 e. The van der Waals surface area contributed by atoms with E-state index in [-0.39, 0.29) is 12.5 Å². The van der Waals surface area contributed by atoms with Crippen molar-refractivity contribution in [2.75, 3.05) is 40.0 Å². The third-order valence-electron chi connectivity index (χ3n) is 4.39. The largest absolute Gasteiger partial charge is 0.382 e. The van der Waals surface area contributed by atoms with Gasteiger partial charge in [-0.15, -0.1) is 0 Å². The number of methoxy groups -OCH3 is 1. The zero-order valence-corrected chi connectivity index (χ0v) is 14.2. The third kappa shape index (κ3) is 5.62. The SMILES string of the molecule is COCCOCC(=O)N1CCC(Cc2ccc(C(N)=O)cc2)CC1. The summed E-state index contributed by atoms with van der Waals surface area (Å²) < 4.78 is 10.2. The van der Waals surface area contributed by atoms with Crippen molar-refractivity contribution in [3.05, 3.63) is 35.4 Å². The Balaban J connectivity index is 1.72. The maximum absolute atomic E-state index is 12.0. The molecule has 0 aromatic heterocycles. The molecule has 0 spiro atoms. The third-order valence-corrected chi connectivity index (χ3v) is 4.39. The summed E-state index contributed by atoms with van der Waals surface area (Å²) in [6.45, 7) is 2.62. The number of carbonyl (C=O) groups is 2. The molecule has 0 bridgehead atoms. The molecule has 0 radical (unpaired) electrons. The lowest BCUT2D eigenvalue weighted by Gasteiger charge is -2.32. The van der Waals surface area contributed by atoms with Crippen LogP contribution in [0, 0.1) is 5.92 Å². The molecular formula is C18H26N2O4. The quantitative estimate of drug-likeness (QED) is 0.725. The zero-order valence-electron chi connectivity index (χ0n) is 14.2. The molecule has 0 aliphatic carbocycles. The lowest BCUT2D eigenvalue weighted by molar-refractivity contribution is -0.137. The van der Waals surface area contributed by atoms with Crippen LogP contribution in [0.15, 0.2) is 24.3 Å². The first kappa shape index (κ1) is 18.4. The predicted octanol–water partition coefficient (Wildman–Crippen LogP) is 1.23. The topological polar surface area (TPSA) is 81.9 Å². The Morgan fingerprint density at radius 1 is 1.17 bits per heavy atom. The molecule has 0 atom stereocenters. The number of nitrogens with two attached hydrogens (primary N) is 1. The molecular weight excluding hydrogens is 308 g/mol. The van der Waals surface area contributed by atoms with Crippen molar-refractivity contribution in [1.82, 2.24) is 4.90 Å². The summed E-state index contributed by atoms with van der Waals surface area (Å²) in [4.78, 5) is 25.0. The minimum Gasteiger partial charge on any atom is -0.382 e. The number of primary amides is 1. The van der Waals surface area contributed by atoms with Crippen molar-refractivity contribution in [3.63, 3.8) is 0 Å². The molecule has 0 saturated carbocycles. The van der Waals surface area contributed by atoms with Crippen LogP contribution in [0.1, 0.15) is 28.8 Å². The van der Waals surface area contributed by atoms with Crippen LogP contribution in [0.2, 0.25) is 0 Å². The Morgan fingerprint density at radius 2 is 1.83 bits per heavy atom. The second-order valence-electron chi connectivity index (χ2n) is 6.13. The van der Waals surface area contributed by atoms with E-state index in [2.05, 4.69) is 0 Å². The fourth-order valence-electron chi connectivity index (χ4n) is 2.92. The first-order valence-electron chi connectivity index (χ1n) is 8.33. The highest BCUT2D eigenvalue weighted by molar-refractivity contribution is 5.92. The van der Waals surface area contributed by atoms with Crippen molar-refractivity contribution in [1.29, 1.82) is 0 Å². The number of likely N-dealkylation sites (tertiary alicyclic amines) is 1. The highest BCUT2D eigenvalue weighted by atomic mass is 16.5.